The standard InChI is InChI=1S/C22H18FIN4O3/c1-12-3-5-13(6-4-12)11-31-17-8-7-16(24)18(19(17)23)21(29)26-14-9-15-20(25-10-14)27-28-22(15)30-2/h3-10H,11H2,1-2H3,(H,26,29)(H,25,27,28). The van der Waals surface area contributed by atoms with Crippen molar-refractivity contribution in [3.8, 4) is 11.6 Å². The van der Waals surface area contributed by atoms with Gasteiger partial charge in [0, 0.05) is 3.57 Å². The van der Waals surface area contributed by atoms with Gasteiger partial charge in [0.1, 0.15) is 6.61 Å². The van der Waals surface area contributed by atoms with Gasteiger partial charge in [-0.05, 0) is 53.3 Å². The van der Waals surface area contributed by atoms with E-state index in [1.807, 2.05) is 53.8 Å². The van der Waals surface area contributed by atoms with E-state index in [2.05, 4.69) is 20.5 Å². The lowest BCUT2D eigenvalue weighted by molar-refractivity contribution is 0.102. The summed E-state index contributed by atoms with van der Waals surface area (Å²) in [6.07, 6.45) is 1.46. The van der Waals surface area contributed by atoms with Crippen LogP contribution < -0.4 is 14.8 Å². The number of fused-ring (bicyclic) bond motifs is 1. The molecule has 0 aliphatic carbocycles. The average molecular weight is 532 g/mol. The Hall–Kier alpha value is -3.21. The molecule has 7 nitrogen and oxygen atoms in total. The quantitative estimate of drug-likeness (QED) is 0.347. The minimum Gasteiger partial charge on any atom is -0.486 e. The largest absolute Gasteiger partial charge is 0.486 e. The normalized spacial score (nSPS) is 10.8. The van der Waals surface area contributed by atoms with Gasteiger partial charge >= 0.3 is 0 Å². The third-order valence-corrected chi connectivity index (χ3v) is 5.53. The molecule has 2 heterocycles. The summed E-state index contributed by atoms with van der Waals surface area (Å²) in [5, 5.41) is 10.00. The minimum atomic E-state index is -0.716. The number of hydrogen-bond donors (Lipinski definition) is 2. The molecule has 4 aromatic rings. The van der Waals surface area contributed by atoms with Gasteiger partial charge in [0.25, 0.3) is 5.91 Å². The second-order valence-corrected chi connectivity index (χ2v) is 7.98. The molecule has 9 heteroatoms. The molecule has 2 N–H and O–H groups in total. The summed E-state index contributed by atoms with van der Waals surface area (Å²) < 4.78 is 26.4. The Labute approximate surface area is 191 Å². The van der Waals surface area contributed by atoms with Gasteiger partial charge < -0.3 is 14.8 Å². The predicted molar refractivity (Wildman–Crippen MR) is 123 cm³/mol. The zero-order valence-electron chi connectivity index (χ0n) is 16.7. The second-order valence-electron chi connectivity index (χ2n) is 6.82. The number of amides is 1. The molecule has 2 aromatic heterocycles. The van der Waals surface area contributed by atoms with Gasteiger partial charge in [-0.2, -0.15) is 0 Å². The van der Waals surface area contributed by atoms with E-state index in [4.69, 9.17) is 9.47 Å². The van der Waals surface area contributed by atoms with E-state index in [1.54, 1.807) is 12.1 Å². The number of hydrogen-bond acceptors (Lipinski definition) is 5. The zero-order chi connectivity index (χ0) is 22.0. The van der Waals surface area contributed by atoms with Crippen molar-refractivity contribution < 1.29 is 18.7 Å². The molecule has 0 aliphatic heterocycles. The smallest absolute Gasteiger partial charge is 0.259 e. The Morgan fingerprint density at radius 2 is 2.00 bits per heavy atom. The molecule has 0 bridgehead atoms. The number of carbonyl (C=O) groups is 1. The van der Waals surface area contributed by atoms with E-state index in [0.717, 1.165) is 11.1 Å². The van der Waals surface area contributed by atoms with Crippen LogP contribution in [0.5, 0.6) is 11.6 Å². The summed E-state index contributed by atoms with van der Waals surface area (Å²) >= 11 is 1.92. The number of halogens is 2. The van der Waals surface area contributed by atoms with Gasteiger partial charge in [0.15, 0.2) is 17.2 Å². The van der Waals surface area contributed by atoms with Crippen LogP contribution in [0.1, 0.15) is 21.5 Å². The highest BCUT2D eigenvalue weighted by atomic mass is 127. The first-order valence-corrected chi connectivity index (χ1v) is 10.4. The van der Waals surface area contributed by atoms with E-state index in [0.29, 0.717) is 26.2 Å². The molecule has 158 valence electrons. The fraction of sp³-hybridized carbons (Fsp3) is 0.136. The third-order valence-electron chi connectivity index (χ3n) is 4.63. The zero-order valence-corrected chi connectivity index (χ0v) is 18.9. The maximum atomic E-state index is 15.1. The molecular formula is C22H18FIN4O3. The van der Waals surface area contributed by atoms with Crippen molar-refractivity contribution in [3.05, 3.63) is 74.7 Å². The molecule has 31 heavy (non-hydrogen) atoms. The van der Waals surface area contributed by atoms with Crippen LogP contribution in [0.3, 0.4) is 0 Å². The number of methoxy groups -OCH3 is 1. The molecule has 0 unspecified atom stereocenters. The lowest BCUT2D eigenvalue weighted by atomic mass is 10.1. The molecule has 0 fully saturated rings. The minimum absolute atomic E-state index is 0.0104. The topological polar surface area (TPSA) is 89.1 Å². The molecule has 0 spiro atoms. The highest BCUT2D eigenvalue weighted by Crippen LogP contribution is 2.28. The van der Waals surface area contributed by atoms with E-state index in [-0.39, 0.29) is 17.9 Å². The number of benzene rings is 2. The van der Waals surface area contributed by atoms with E-state index in [1.165, 1.54) is 19.4 Å². The van der Waals surface area contributed by atoms with Crippen molar-refractivity contribution in [3.63, 3.8) is 0 Å². The Bertz CT molecular complexity index is 1260. The third kappa shape index (κ3) is 4.46. The predicted octanol–water partition coefficient (Wildman–Crippen LogP) is 4.85. The molecule has 0 saturated heterocycles. The lowest BCUT2D eigenvalue weighted by Crippen LogP contribution is -2.16. The first-order chi connectivity index (χ1) is 15.0. The number of anilines is 1. The molecule has 1 amide bonds. The van der Waals surface area contributed by atoms with E-state index >= 15 is 4.39 Å². The first-order valence-electron chi connectivity index (χ1n) is 9.32. The first kappa shape index (κ1) is 21.0. The Morgan fingerprint density at radius 1 is 1.23 bits per heavy atom. The molecular weight excluding hydrogens is 514 g/mol. The molecule has 2 aromatic carbocycles. The summed E-state index contributed by atoms with van der Waals surface area (Å²) in [7, 11) is 1.49. The fourth-order valence-electron chi connectivity index (χ4n) is 3.00. The maximum Gasteiger partial charge on any atom is 0.259 e. The maximum absolute atomic E-state index is 15.1. The molecule has 0 aliphatic rings. The van der Waals surface area contributed by atoms with Crippen LogP contribution in [-0.4, -0.2) is 28.2 Å². The summed E-state index contributed by atoms with van der Waals surface area (Å²) in [6, 6.07) is 12.6. The summed E-state index contributed by atoms with van der Waals surface area (Å²) in [5.41, 5.74) is 2.84. The number of ether oxygens (including phenoxy) is 2. The SMILES string of the molecule is COc1n[nH]c2ncc(NC(=O)c3c(I)ccc(OCc4ccc(C)cc4)c3F)cc12. The van der Waals surface area contributed by atoms with Gasteiger partial charge in [-0.15, -0.1) is 5.10 Å². The Balaban J connectivity index is 1.56. The molecule has 0 atom stereocenters. The second kappa shape index (κ2) is 8.88. The number of H-pyrrole nitrogens is 1. The van der Waals surface area contributed by atoms with Gasteiger partial charge in [-0.1, -0.05) is 29.8 Å². The van der Waals surface area contributed by atoms with Crippen molar-refractivity contribution in [1.29, 1.82) is 0 Å². The number of nitrogens with one attached hydrogen (secondary N) is 2. The fourth-order valence-corrected chi connectivity index (χ4v) is 3.66. The highest BCUT2D eigenvalue weighted by Gasteiger charge is 2.21. The van der Waals surface area contributed by atoms with Crippen LogP contribution in [0.2, 0.25) is 0 Å². The Kier molecular flexibility index (Phi) is 6.03. The van der Waals surface area contributed by atoms with Gasteiger partial charge in [-0.25, -0.2) is 9.37 Å². The van der Waals surface area contributed by atoms with Crippen LogP contribution >= 0.6 is 22.6 Å². The Morgan fingerprint density at radius 3 is 2.74 bits per heavy atom. The number of aromatic nitrogens is 3. The van der Waals surface area contributed by atoms with Crippen molar-refractivity contribution in [2.45, 2.75) is 13.5 Å². The molecule has 4 rings (SSSR count). The summed E-state index contributed by atoms with van der Waals surface area (Å²) in [5.74, 6) is -0.958. The number of aryl methyl sites for hydroxylation is 1. The van der Waals surface area contributed by atoms with Gasteiger partial charge in [0.05, 0.1) is 29.9 Å². The van der Waals surface area contributed by atoms with Gasteiger partial charge in [0.2, 0.25) is 5.88 Å². The summed E-state index contributed by atoms with van der Waals surface area (Å²) in [4.78, 5) is 17.0. The summed E-state index contributed by atoms with van der Waals surface area (Å²) in [6.45, 7) is 2.18. The van der Waals surface area contributed by atoms with Crippen LogP contribution in [0, 0.1) is 16.3 Å². The highest BCUT2D eigenvalue weighted by molar-refractivity contribution is 14.1. The van der Waals surface area contributed by atoms with Crippen molar-refractivity contribution >= 4 is 45.2 Å². The van der Waals surface area contributed by atoms with Crippen molar-refractivity contribution in [1.82, 2.24) is 15.2 Å². The van der Waals surface area contributed by atoms with Crippen LogP contribution in [-0.2, 0) is 6.61 Å². The van der Waals surface area contributed by atoms with Crippen LogP contribution in [0.15, 0.2) is 48.7 Å². The number of pyridine rings is 1. The number of carbonyl (C=O) groups excluding carboxylic acids is 1. The number of nitrogens with zero attached hydrogens (tertiary/aromatic N) is 2. The van der Waals surface area contributed by atoms with Crippen LogP contribution in [0.25, 0.3) is 11.0 Å². The van der Waals surface area contributed by atoms with Crippen LogP contribution in [0.4, 0.5) is 10.1 Å². The molecule has 0 saturated carbocycles. The number of aromatic amines is 1. The van der Waals surface area contributed by atoms with E-state index in [9.17, 15) is 4.79 Å². The van der Waals surface area contributed by atoms with E-state index < -0.39 is 11.7 Å². The molecule has 0 radical (unpaired) electrons. The monoisotopic (exact) mass is 532 g/mol. The number of rotatable bonds is 6. The lowest BCUT2D eigenvalue weighted by Gasteiger charge is -2.12. The van der Waals surface area contributed by atoms with Crippen molar-refractivity contribution in [2.24, 2.45) is 0 Å². The van der Waals surface area contributed by atoms with Crippen molar-refractivity contribution in [2.75, 3.05) is 12.4 Å². The van der Waals surface area contributed by atoms with Gasteiger partial charge in [-0.3, -0.25) is 9.89 Å². The average Bonchev–Trinajstić information content (AvgIpc) is 3.17.